The van der Waals surface area contributed by atoms with Crippen LogP contribution in [0.1, 0.15) is 84.5 Å². The molecule has 1 saturated heterocycles. The first-order valence-corrected chi connectivity index (χ1v) is 11.5. The van der Waals surface area contributed by atoms with Crippen LogP contribution in [0.25, 0.3) is 0 Å². The van der Waals surface area contributed by atoms with Gasteiger partial charge in [0.05, 0.1) is 0 Å². The Balaban J connectivity index is 2.49. The molecular formula is C18H35I2N. The second-order valence-electron chi connectivity index (χ2n) is 6.74. The topological polar surface area (TPSA) is 12.0 Å². The van der Waals surface area contributed by atoms with Gasteiger partial charge in [0, 0.05) is 13.9 Å². The summed E-state index contributed by atoms with van der Waals surface area (Å²) in [6.45, 7) is 7.07. The molecule has 0 amide bonds. The molecule has 21 heavy (non-hydrogen) atoms. The van der Waals surface area contributed by atoms with Crippen molar-refractivity contribution in [3.63, 3.8) is 0 Å². The number of nitrogens with one attached hydrogen (secondary N) is 1. The van der Waals surface area contributed by atoms with Gasteiger partial charge in [0.2, 0.25) is 0 Å². The lowest BCUT2D eigenvalue weighted by molar-refractivity contribution is 0.284. The first-order valence-electron chi connectivity index (χ1n) is 9.18. The van der Waals surface area contributed by atoms with Crippen molar-refractivity contribution in [1.29, 1.82) is 0 Å². The minimum Gasteiger partial charge on any atom is -0.316 e. The molecule has 0 aromatic rings. The number of hydrogen-bond donors (Lipinski definition) is 1. The van der Waals surface area contributed by atoms with Crippen molar-refractivity contribution in [2.45, 2.75) is 91.8 Å². The molecule has 1 heterocycles. The lowest BCUT2D eigenvalue weighted by atomic mass is 9.78. The monoisotopic (exact) mass is 519 g/mol. The van der Waals surface area contributed by atoms with Crippen LogP contribution < -0.4 is 5.32 Å². The summed E-state index contributed by atoms with van der Waals surface area (Å²) in [5.74, 6) is 0.940. The van der Waals surface area contributed by atoms with Crippen LogP contribution >= 0.6 is 45.2 Å². The smallest absolute Gasteiger partial charge is 0.0392 e. The van der Waals surface area contributed by atoms with E-state index < -0.39 is 0 Å². The molecule has 1 aliphatic heterocycles. The summed E-state index contributed by atoms with van der Waals surface area (Å²) in [6.07, 6.45) is 15.7. The van der Waals surface area contributed by atoms with Crippen molar-refractivity contribution >= 4 is 45.2 Å². The van der Waals surface area contributed by atoms with Gasteiger partial charge in [0.25, 0.3) is 0 Å². The van der Waals surface area contributed by atoms with E-state index in [1.54, 1.807) is 0 Å². The number of rotatable bonds is 11. The molecule has 1 aliphatic rings. The molecule has 3 heteroatoms. The minimum absolute atomic E-state index is 0.544. The van der Waals surface area contributed by atoms with Gasteiger partial charge < -0.3 is 5.32 Å². The molecule has 0 spiro atoms. The van der Waals surface area contributed by atoms with Crippen LogP contribution in [-0.2, 0) is 0 Å². The van der Waals surface area contributed by atoms with Gasteiger partial charge in [-0.3, -0.25) is 0 Å². The van der Waals surface area contributed by atoms with E-state index >= 15 is 0 Å². The number of piperidine rings is 1. The Bertz CT molecular complexity index is 260. The van der Waals surface area contributed by atoms with E-state index in [1.165, 1.54) is 83.7 Å². The van der Waals surface area contributed by atoms with E-state index in [0.717, 1.165) is 9.84 Å². The van der Waals surface area contributed by atoms with Crippen LogP contribution in [0.5, 0.6) is 0 Å². The summed E-state index contributed by atoms with van der Waals surface area (Å²) >= 11 is 5.57. The minimum atomic E-state index is 0.544. The molecule has 0 radical (unpaired) electrons. The predicted octanol–water partition coefficient (Wildman–Crippen LogP) is 6.51. The van der Waals surface area contributed by atoms with Crippen LogP contribution in [-0.4, -0.2) is 20.4 Å². The number of hydrogen-bond acceptors (Lipinski definition) is 1. The van der Waals surface area contributed by atoms with Gasteiger partial charge >= 0.3 is 0 Å². The predicted molar refractivity (Wildman–Crippen MR) is 113 cm³/mol. The molecule has 1 N–H and O–H groups in total. The summed E-state index contributed by atoms with van der Waals surface area (Å²) < 4.78 is 1.34. The zero-order chi connectivity index (χ0) is 15.6. The fourth-order valence-electron chi connectivity index (χ4n) is 3.55. The number of alkyl halides is 2. The summed E-state index contributed by atoms with van der Waals surface area (Å²) in [5, 5.41) is 3.58. The quantitative estimate of drug-likeness (QED) is 0.186. The van der Waals surface area contributed by atoms with Crippen LogP contribution in [0.2, 0.25) is 0 Å². The molecule has 1 fully saturated rings. The highest BCUT2D eigenvalue weighted by Crippen LogP contribution is 2.45. The highest BCUT2D eigenvalue weighted by Gasteiger charge is 2.42. The van der Waals surface area contributed by atoms with E-state index in [1.807, 2.05) is 0 Å². The SMILES string of the molecule is CCCCCCCC(CCCCC)[C@@]1(I)CCNC[C@@H]1I. The van der Waals surface area contributed by atoms with Crippen molar-refractivity contribution in [2.75, 3.05) is 13.1 Å². The van der Waals surface area contributed by atoms with Crippen molar-refractivity contribution in [1.82, 2.24) is 5.32 Å². The molecule has 0 aliphatic carbocycles. The maximum Gasteiger partial charge on any atom is 0.0392 e. The summed E-state index contributed by atoms with van der Waals surface area (Å²) in [5.41, 5.74) is 0. The number of halogens is 2. The molecule has 0 bridgehead atoms. The van der Waals surface area contributed by atoms with E-state index in [-0.39, 0.29) is 0 Å². The zero-order valence-electron chi connectivity index (χ0n) is 14.1. The molecule has 126 valence electrons. The van der Waals surface area contributed by atoms with Crippen LogP contribution in [0, 0.1) is 5.92 Å². The standard InChI is InChI=1S/C18H35I2N/c1-3-5-7-8-10-12-16(11-9-6-4-2)18(20)13-14-21-15-17(18)19/h16-17,21H,3-15H2,1-2H3/t16?,17-,18-/m0/s1. The van der Waals surface area contributed by atoms with Gasteiger partial charge in [-0.25, -0.2) is 0 Å². The molecule has 0 saturated carbocycles. The van der Waals surface area contributed by atoms with Crippen LogP contribution in [0.4, 0.5) is 0 Å². The van der Waals surface area contributed by atoms with Gasteiger partial charge in [0.1, 0.15) is 0 Å². The average Bonchev–Trinajstić information content (AvgIpc) is 2.48. The van der Waals surface area contributed by atoms with Gasteiger partial charge in [-0.05, 0) is 31.7 Å². The Morgan fingerprint density at radius 2 is 1.57 bits per heavy atom. The lowest BCUT2D eigenvalue weighted by Crippen LogP contribution is -2.51. The van der Waals surface area contributed by atoms with Gasteiger partial charge in [0.15, 0.2) is 0 Å². The summed E-state index contributed by atoms with van der Waals surface area (Å²) in [6, 6.07) is 0. The van der Waals surface area contributed by atoms with Crippen molar-refractivity contribution < 1.29 is 0 Å². The highest BCUT2D eigenvalue weighted by atomic mass is 127. The normalized spacial score (nSPS) is 27.7. The summed E-state index contributed by atoms with van der Waals surface area (Å²) in [4.78, 5) is 0. The average molecular weight is 519 g/mol. The molecule has 0 aromatic heterocycles. The van der Waals surface area contributed by atoms with Crippen molar-refractivity contribution in [3.8, 4) is 0 Å². The third kappa shape index (κ3) is 7.23. The first-order chi connectivity index (χ1) is 10.1. The Labute approximate surface area is 160 Å². The van der Waals surface area contributed by atoms with Gasteiger partial charge in [-0.2, -0.15) is 0 Å². The van der Waals surface area contributed by atoms with Crippen molar-refractivity contribution in [3.05, 3.63) is 0 Å². The molecule has 1 nitrogen and oxygen atoms in total. The second kappa shape index (κ2) is 11.9. The Hall–Kier alpha value is 1.42. The molecular weight excluding hydrogens is 484 g/mol. The maximum absolute atomic E-state index is 3.58. The summed E-state index contributed by atoms with van der Waals surface area (Å²) in [7, 11) is 0. The van der Waals surface area contributed by atoms with Gasteiger partial charge in [-0.1, -0.05) is 110 Å². The maximum atomic E-state index is 3.58. The number of unbranched alkanes of at least 4 members (excludes halogenated alkanes) is 6. The van der Waals surface area contributed by atoms with Crippen LogP contribution in [0.15, 0.2) is 0 Å². The fraction of sp³-hybridized carbons (Fsp3) is 1.00. The fourth-order valence-corrected chi connectivity index (χ4v) is 5.80. The van der Waals surface area contributed by atoms with E-state index in [0.29, 0.717) is 3.42 Å². The highest BCUT2D eigenvalue weighted by molar-refractivity contribution is 14.1. The van der Waals surface area contributed by atoms with E-state index in [9.17, 15) is 0 Å². The third-order valence-electron chi connectivity index (χ3n) is 5.02. The largest absolute Gasteiger partial charge is 0.316 e. The van der Waals surface area contributed by atoms with Gasteiger partial charge in [-0.15, -0.1) is 0 Å². The van der Waals surface area contributed by atoms with E-state index in [4.69, 9.17) is 0 Å². The zero-order valence-corrected chi connectivity index (χ0v) is 18.4. The Kier molecular flexibility index (Phi) is 11.6. The third-order valence-corrected chi connectivity index (χ3v) is 9.94. The molecule has 1 rings (SSSR count). The van der Waals surface area contributed by atoms with Crippen molar-refractivity contribution in [2.24, 2.45) is 5.92 Å². The molecule has 1 unspecified atom stereocenters. The molecule has 0 aromatic carbocycles. The van der Waals surface area contributed by atoms with Crippen LogP contribution in [0.3, 0.4) is 0 Å². The first kappa shape index (κ1) is 20.5. The van der Waals surface area contributed by atoms with E-state index in [2.05, 4.69) is 64.3 Å². The Morgan fingerprint density at radius 3 is 2.19 bits per heavy atom. The Morgan fingerprint density at radius 1 is 1.00 bits per heavy atom. The second-order valence-corrected chi connectivity index (χ2v) is 10.3. The molecule has 3 atom stereocenters. The lowest BCUT2D eigenvalue weighted by Gasteiger charge is -2.43.